The summed E-state index contributed by atoms with van der Waals surface area (Å²) in [5.41, 5.74) is 0. The minimum absolute atomic E-state index is 0.221. The van der Waals surface area contributed by atoms with E-state index >= 15 is 0 Å². The fraction of sp³-hybridized carbons (Fsp3) is 0.700. The molecule has 2 heteroatoms. The van der Waals surface area contributed by atoms with E-state index < -0.39 is 0 Å². The Labute approximate surface area is 73.7 Å². The van der Waals surface area contributed by atoms with Gasteiger partial charge >= 0.3 is 0 Å². The average Bonchev–Trinajstić information content (AvgIpc) is 2.09. The topological polar surface area (TPSA) is 29.1 Å². The Kier molecular flexibility index (Phi) is 3.66. The molecule has 1 heterocycles. The highest BCUT2D eigenvalue weighted by Gasteiger charge is 2.20. The van der Waals surface area contributed by atoms with Gasteiger partial charge < -0.3 is 5.32 Å². The van der Waals surface area contributed by atoms with E-state index in [0.717, 1.165) is 32.2 Å². The summed E-state index contributed by atoms with van der Waals surface area (Å²) in [7, 11) is 0. The minimum Gasteiger partial charge on any atom is -0.356 e. The highest BCUT2D eigenvalue weighted by atomic mass is 16.1. The molecule has 1 N–H and O–H groups in total. The summed E-state index contributed by atoms with van der Waals surface area (Å²) in [5, 5.41) is 2.87. The van der Waals surface area contributed by atoms with Crippen LogP contribution in [0.5, 0.6) is 0 Å². The van der Waals surface area contributed by atoms with E-state index in [4.69, 9.17) is 0 Å². The number of amides is 1. The molecule has 0 aromatic carbocycles. The number of carbonyl (C=O) groups excluding carboxylic acids is 1. The monoisotopic (exact) mass is 165 g/mol. The number of nitrogens with one attached hydrogen (secondary N) is 1. The van der Waals surface area contributed by atoms with Crippen molar-refractivity contribution in [2.24, 2.45) is 5.92 Å². The summed E-state index contributed by atoms with van der Waals surface area (Å²) in [6.07, 6.45) is 3.94. The van der Waals surface area contributed by atoms with Crippen molar-refractivity contribution in [3.8, 4) is 11.8 Å². The van der Waals surface area contributed by atoms with Gasteiger partial charge in [-0.3, -0.25) is 4.79 Å². The van der Waals surface area contributed by atoms with Crippen molar-refractivity contribution in [1.82, 2.24) is 5.32 Å². The minimum atomic E-state index is 0.221. The van der Waals surface area contributed by atoms with Crippen molar-refractivity contribution in [3.63, 3.8) is 0 Å². The molecule has 0 aromatic rings. The molecule has 0 aliphatic carbocycles. The van der Waals surface area contributed by atoms with Crippen LogP contribution in [0.2, 0.25) is 0 Å². The van der Waals surface area contributed by atoms with Crippen LogP contribution in [-0.2, 0) is 4.79 Å². The molecular weight excluding hydrogens is 150 g/mol. The van der Waals surface area contributed by atoms with Crippen molar-refractivity contribution in [2.45, 2.75) is 32.6 Å². The summed E-state index contributed by atoms with van der Waals surface area (Å²) in [4.78, 5) is 11.2. The van der Waals surface area contributed by atoms with Crippen LogP contribution in [-0.4, -0.2) is 12.5 Å². The van der Waals surface area contributed by atoms with Crippen molar-refractivity contribution >= 4 is 5.91 Å². The summed E-state index contributed by atoms with van der Waals surface area (Å²) >= 11 is 0. The maximum atomic E-state index is 11.2. The lowest BCUT2D eigenvalue weighted by Gasteiger charge is -2.20. The molecule has 1 aliphatic heterocycles. The summed E-state index contributed by atoms with van der Waals surface area (Å²) in [6, 6.07) is 0. The Balaban J connectivity index is 2.27. The maximum Gasteiger partial charge on any atom is 0.223 e. The number of carbonyl (C=O) groups is 1. The first-order chi connectivity index (χ1) is 5.84. The van der Waals surface area contributed by atoms with Gasteiger partial charge in [0.05, 0.1) is 0 Å². The number of hydrogen-bond acceptors (Lipinski definition) is 1. The van der Waals surface area contributed by atoms with Gasteiger partial charge in [0.15, 0.2) is 0 Å². The summed E-state index contributed by atoms with van der Waals surface area (Å²) in [6.45, 7) is 2.69. The third-order valence-electron chi connectivity index (χ3n) is 2.19. The summed E-state index contributed by atoms with van der Waals surface area (Å²) < 4.78 is 0. The molecule has 2 nitrogen and oxygen atoms in total. The smallest absolute Gasteiger partial charge is 0.223 e. The first kappa shape index (κ1) is 9.12. The normalized spacial score (nSPS) is 22.4. The largest absolute Gasteiger partial charge is 0.356 e. The van der Waals surface area contributed by atoms with Crippen LogP contribution in [0.3, 0.4) is 0 Å². The van der Waals surface area contributed by atoms with Crippen LogP contribution in [0.25, 0.3) is 0 Å². The van der Waals surface area contributed by atoms with E-state index in [2.05, 4.69) is 17.2 Å². The maximum absolute atomic E-state index is 11.2. The Morgan fingerprint density at radius 2 is 2.50 bits per heavy atom. The van der Waals surface area contributed by atoms with Gasteiger partial charge in [0.25, 0.3) is 0 Å². The zero-order valence-corrected chi connectivity index (χ0v) is 7.52. The van der Waals surface area contributed by atoms with E-state index in [1.54, 1.807) is 0 Å². The van der Waals surface area contributed by atoms with E-state index in [1.807, 2.05) is 6.92 Å². The molecular formula is C10H15NO. The van der Waals surface area contributed by atoms with Crippen LogP contribution < -0.4 is 5.32 Å². The Hall–Kier alpha value is -0.970. The van der Waals surface area contributed by atoms with Crippen LogP contribution >= 0.6 is 0 Å². The van der Waals surface area contributed by atoms with E-state index in [9.17, 15) is 4.79 Å². The van der Waals surface area contributed by atoms with Gasteiger partial charge in [0.1, 0.15) is 0 Å². The Morgan fingerprint density at radius 3 is 3.17 bits per heavy atom. The first-order valence-corrected chi connectivity index (χ1v) is 4.52. The Bertz CT molecular complexity index is 212. The third-order valence-corrected chi connectivity index (χ3v) is 2.19. The highest BCUT2D eigenvalue weighted by molar-refractivity contribution is 5.79. The molecule has 0 aromatic heterocycles. The third kappa shape index (κ3) is 2.58. The van der Waals surface area contributed by atoms with Gasteiger partial charge in [0.2, 0.25) is 5.91 Å². The van der Waals surface area contributed by atoms with Crippen LogP contribution in [0, 0.1) is 17.8 Å². The standard InChI is InChI=1S/C10H15NO/c1-2-3-4-6-9-7-5-8-11-10(9)12/h9H,4-8H2,1H3,(H,11,12). The second-order valence-electron chi connectivity index (χ2n) is 3.10. The number of rotatable bonds is 2. The Morgan fingerprint density at radius 1 is 1.67 bits per heavy atom. The zero-order chi connectivity index (χ0) is 8.81. The van der Waals surface area contributed by atoms with Gasteiger partial charge in [-0.2, -0.15) is 0 Å². The molecule has 1 rings (SSSR count). The van der Waals surface area contributed by atoms with Crippen molar-refractivity contribution in [1.29, 1.82) is 0 Å². The van der Waals surface area contributed by atoms with Gasteiger partial charge in [-0.15, -0.1) is 11.8 Å². The van der Waals surface area contributed by atoms with Crippen LogP contribution in [0.4, 0.5) is 0 Å². The predicted molar refractivity (Wildman–Crippen MR) is 48.4 cm³/mol. The molecule has 1 fully saturated rings. The summed E-state index contributed by atoms with van der Waals surface area (Å²) in [5.74, 6) is 6.27. The molecule has 1 atom stereocenters. The molecule has 12 heavy (non-hydrogen) atoms. The first-order valence-electron chi connectivity index (χ1n) is 4.52. The van der Waals surface area contributed by atoms with Gasteiger partial charge in [-0.05, 0) is 26.2 Å². The van der Waals surface area contributed by atoms with Gasteiger partial charge in [-0.1, -0.05) is 0 Å². The lowest BCUT2D eigenvalue weighted by atomic mass is 9.94. The molecule has 1 aliphatic rings. The fourth-order valence-electron chi connectivity index (χ4n) is 1.48. The fourth-order valence-corrected chi connectivity index (χ4v) is 1.48. The SMILES string of the molecule is CC#CCCC1CCCNC1=O. The lowest BCUT2D eigenvalue weighted by molar-refractivity contribution is -0.126. The van der Waals surface area contributed by atoms with E-state index in [0.29, 0.717) is 0 Å². The van der Waals surface area contributed by atoms with Crippen molar-refractivity contribution in [3.05, 3.63) is 0 Å². The van der Waals surface area contributed by atoms with Crippen molar-refractivity contribution in [2.75, 3.05) is 6.54 Å². The second kappa shape index (κ2) is 4.82. The lowest BCUT2D eigenvalue weighted by Crippen LogP contribution is -2.36. The van der Waals surface area contributed by atoms with Crippen LogP contribution in [0.1, 0.15) is 32.6 Å². The molecule has 0 radical (unpaired) electrons. The molecule has 1 saturated heterocycles. The van der Waals surface area contributed by atoms with Gasteiger partial charge in [-0.25, -0.2) is 0 Å². The van der Waals surface area contributed by atoms with E-state index in [-0.39, 0.29) is 11.8 Å². The van der Waals surface area contributed by atoms with E-state index in [1.165, 1.54) is 0 Å². The zero-order valence-electron chi connectivity index (χ0n) is 7.52. The molecule has 66 valence electrons. The molecule has 1 unspecified atom stereocenters. The molecule has 0 saturated carbocycles. The predicted octanol–water partition coefficient (Wildman–Crippen LogP) is 1.32. The quantitative estimate of drug-likeness (QED) is 0.614. The van der Waals surface area contributed by atoms with Gasteiger partial charge in [0, 0.05) is 18.9 Å². The highest BCUT2D eigenvalue weighted by Crippen LogP contribution is 2.16. The average molecular weight is 165 g/mol. The second-order valence-corrected chi connectivity index (χ2v) is 3.10. The molecule has 1 amide bonds. The van der Waals surface area contributed by atoms with Crippen molar-refractivity contribution < 1.29 is 4.79 Å². The number of piperidine rings is 1. The molecule has 0 bridgehead atoms. The van der Waals surface area contributed by atoms with Crippen LogP contribution in [0.15, 0.2) is 0 Å². The molecule has 0 spiro atoms. The number of hydrogen-bond donors (Lipinski definition) is 1.